The first kappa shape index (κ1) is 34.3. The number of sulfonamides is 1. The zero-order chi connectivity index (χ0) is 34.8. The van der Waals surface area contributed by atoms with Crippen molar-refractivity contribution in [3.8, 4) is 5.69 Å². The molecule has 0 fully saturated rings. The lowest BCUT2D eigenvalue weighted by atomic mass is 9.80. The van der Waals surface area contributed by atoms with Gasteiger partial charge in [-0.2, -0.15) is 22.6 Å². The molecule has 14 heteroatoms. The number of anilines is 1. The fraction of sp³-hybridized carbons (Fsp3) is 0.206. The van der Waals surface area contributed by atoms with Gasteiger partial charge in [-0.15, -0.1) is 6.58 Å². The molecule has 0 unspecified atom stereocenters. The molecule has 1 aromatic heterocycles. The standard InChI is InChI=1S/C34H31F4N5O4S/c1-4-19-41(48(46,47)6-3)21-27-29-28(22-15-17-25(35)18-16-22)30(39-31(44)23-11-10-12-24(20-23)34(36,37)38)33(45)42(5-2)32(29)43(40-27)26-13-8-7-9-14-26/h4,6-18,20,28,30H,1,3,5,19,21H2,2H3,(H,39,44)/t28-,30-/m1/s1. The van der Waals surface area contributed by atoms with Gasteiger partial charge in [0.05, 0.1) is 23.5 Å². The number of fused-ring (bicyclic) bond motifs is 1. The van der Waals surface area contributed by atoms with E-state index in [0.29, 0.717) is 22.9 Å². The van der Waals surface area contributed by atoms with Gasteiger partial charge in [-0.1, -0.05) is 49.1 Å². The van der Waals surface area contributed by atoms with Crippen LogP contribution in [0.4, 0.5) is 23.4 Å². The predicted molar refractivity (Wildman–Crippen MR) is 172 cm³/mol. The number of hydrogen-bond acceptors (Lipinski definition) is 5. The molecular formula is C34H31F4N5O4S. The van der Waals surface area contributed by atoms with E-state index < -0.39 is 51.4 Å². The Balaban J connectivity index is 1.75. The van der Waals surface area contributed by atoms with Gasteiger partial charge in [0, 0.05) is 35.5 Å². The van der Waals surface area contributed by atoms with E-state index in [0.717, 1.165) is 21.8 Å². The van der Waals surface area contributed by atoms with Crippen LogP contribution >= 0.6 is 0 Å². The van der Waals surface area contributed by atoms with E-state index >= 15 is 0 Å². The molecule has 3 aromatic carbocycles. The molecule has 1 aliphatic heterocycles. The van der Waals surface area contributed by atoms with Crippen molar-refractivity contribution in [3.05, 3.63) is 137 Å². The van der Waals surface area contributed by atoms with Crippen LogP contribution in [0.1, 0.15) is 45.6 Å². The fourth-order valence-corrected chi connectivity index (χ4v) is 6.53. The van der Waals surface area contributed by atoms with Crippen LogP contribution in [0, 0.1) is 5.82 Å². The number of nitrogens with zero attached hydrogens (tertiary/aromatic N) is 4. The van der Waals surface area contributed by atoms with E-state index in [1.54, 1.807) is 37.3 Å². The summed E-state index contributed by atoms with van der Waals surface area (Å²) in [5.41, 5.74) is 0.0899. The van der Waals surface area contributed by atoms with E-state index in [1.165, 1.54) is 46.0 Å². The third-order valence-electron chi connectivity index (χ3n) is 7.92. The molecule has 0 aliphatic carbocycles. The van der Waals surface area contributed by atoms with Gasteiger partial charge in [0.1, 0.15) is 17.7 Å². The van der Waals surface area contributed by atoms with Gasteiger partial charge in [-0.3, -0.25) is 14.5 Å². The summed E-state index contributed by atoms with van der Waals surface area (Å²) in [7, 11) is -4.02. The SMILES string of the molecule is C=CCN(Cc1nn(-c2ccccc2)c2c1[C@@H](c1ccc(F)cc1)[C@@H](NC(=O)c1cccc(C(F)(F)F)c1)C(=O)N2CC)S(=O)(=O)C=C. The largest absolute Gasteiger partial charge is 0.416 e. The van der Waals surface area contributed by atoms with Gasteiger partial charge in [-0.25, -0.2) is 17.5 Å². The molecule has 1 N–H and O–H groups in total. The molecule has 0 radical (unpaired) electrons. The number of para-hydroxylation sites is 1. The highest BCUT2D eigenvalue weighted by atomic mass is 32.2. The van der Waals surface area contributed by atoms with Crippen LogP contribution in [0.3, 0.4) is 0 Å². The summed E-state index contributed by atoms with van der Waals surface area (Å²) in [6.07, 6.45) is -3.33. The summed E-state index contributed by atoms with van der Waals surface area (Å²) in [6.45, 7) is 8.43. The third kappa shape index (κ3) is 6.66. The van der Waals surface area contributed by atoms with Gasteiger partial charge in [-0.05, 0) is 55.0 Å². The molecule has 2 amide bonds. The normalized spacial score (nSPS) is 16.5. The fourth-order valence-electron chi connectivity index (χ4n) is 5.71. The summed E-state index contributed by atoms with van der Waals surface area (Å²) in [6, 6.07) is 16.3. The molecule has 9 nitrogen and oxygen atoms in total. The Bertz CT molecular complexity index is 1960. The maximum absolute atomic E-state index is 14.4. The number of rotatable bonds is 11. The Morgan fingerprint density at radius 1 is 1.04 bits per heavy atom. The average Bonchev–Trinajstić information content (AvgIpc) is 3.44. The number of nitrogens with one attached hydrogen (secondary N) is 1. The van der Waals surface area contributed by atoms with E-state index in [4.69, 9.17) is 5.10 Å². The molecule has 1 aliphatic rings. The monoisotopic (exact) mass is 681 g/mol. The van der Waals surface area contributed by atoms with Crippen molar-refractivity contribution in [2.75, 3.05) is 18.0 Å². The van der Waals surface area contributed by atoms with E-state index in [2.05, 4.69) is 18.5 Å². The maximum atomic E-state index is 14.4. The number of halogens is 4. The lowest BCUT2D eigenvalue weighted by Gasteiger charge is -2.38. The van der Waals surface area contributed by atoms with Crippen molar-refractivity contribution in [3.63, 3.8) is 0 Å². The first-order valence-corrected chi connectivity index (χ1v) is 16.3. The van der Waals surface area contributed by atoms with Gasteiger partial charge in [0.2, 0.25) is 10.0 Å². The summed E-state index contributed by atoms with van der Waals surface area (Å²) in [5, 5.41) is 8.23. The van der Waals surface area contributed by atoms with Crippen LogP contribution in [0.2, 0.25) is 0 Å². The zero-order valence-corrected chi connectivity index (χ0v) is 26.5. The summed E-state index contributed by atoms with van der Waals surface area (Å²) < 4.78 is 83.3. The molecule has 2 atom stereocenters. The molecular weight excluding hydrogens is 650 g/mol. The van der Waals surface area contributed by atoms with Crippen molar-refractivity contribution in [1.82, 2.24) is 19.4 Å². The number of likely N-dealkylation sites (N-methyl/N-ethyl adjacent to an activating group) is 1. The van der Waals surface area contributed by atoms with Crippen LogP contribution in [-0.4, -0.2) is 53.4 Å². The van der Waals surface area contributed by atoms with Crippen LogP contribution < -0.4 is 10.2 Å². The summed E-state index contributed by atoms with van der Waals surface area (Å²) >= 11 is 0. The van der Waals surface area contributed by atoms with Gasteiger partial charge >= 0.3 is 6.18 Å². The first-order valence-electron chi connectivity index (χ1n) is 14.8. The number of alkyl halides is 3. The molecule has 2 heterocycles. The maximum Gasteiger partial charge on any atom is 0.416 e. The van der Waals surface area contributed by atoms with Crippen LogP contribution in [0.15, 0.2) is 104 Å². The minimum absolute atomic E-state index is 0.0806. The van der Waals surface area contributed by atoms with Crippen molar-refractivity contribution >= 4 is 27.7 Å². The Morgan fingerprint density at radius 2 is 1.73 bits per heavy atom. The quantitative estimate of drug-likeness (QED) is 0.160. The highest BCUT2D eigenvalue weighted by Gasteiger charge is 2.46. The molecule has 48 heavy (non-hydrogen) atoms. The zero-order valence-electron chi connectivity index (χ0n) is 25.7. The third-order valence-corrected chi connectivity index (χ3v) is 9.34. The van der Waals surface area contributed by atoms with Crippen LogP contribution in [-0.2, 0) is 27.5 Å². The number of benzene rings is 3. The van der Waals surface area contributed by atoms with Crippen LogP contribution in [0.25, 0.3) is 5.69 Å². The topological polar surface area (TPSA) is 105 Å². The summed E-state index contributed by atoms with van der Waals surface area (Å²) in [4.78, 5) is 29.3. The Kier molecular flexibility index (Phi) is 9.69. The minimum Gasteiger partial charge on any atom is -0.339 e. The second-order valence-electron chi connectivity index (χ2n) is 10.9. The second-order valence-corrected chi connectivity index (χ2v) is 12.7. The highest BCUT2D eigenvalue weighted by molar-refractivity contribution is 7.92. The van der Waals surface area contributed by atoms with Gasteiger partial charge in [0.15, 0.2) is 0 Å². The molecule has 0 saturated carbocycles. The molecule has 4 aromatic rings. The van der Waals surface area contributed by atoms with E-state index in [-0.39, 0.29) is 36.7 Å². The molecule has 250 valence electrons. The summed E-state index contributed by atoms with van der Waals surface area (Å²) in [5.74, 6) is -2.92. The first-order chi connectivity index (χ1) is 22.8. The Labute approximate surface area is 274 Å². The van der Waals surface area contributed by atoms with E-state index in [1.807, 2.05) is 0 Å². The van der Waals surface area contributed by atoms with Crippen molar-refractivity contribution in [2.45, 2.75) is 31.6 Å². The second kappa shape index (κ2) is 13.6. The minimum atomic E-state index is -4.72. The predicted octanol–water partition coefficient (Wildman–Crippen LogP) is 5.79. The van der Waals surface area contributed by atoms with Crippen LogP contribution in [0.5, 0.6) is 0 Å². The van der Waals surface area contributed by atoms with Gasteiger partial charge in [0.25, 0.3) is 11.8 Å². The smallest absolute Gasteiger partial charge is 0.339 e. The van der Waals surface area contributed by atoms with Crippen molar-refractivity contribution in [2.24, 2.45) is 0 Å². The van der Waals surface area contributed by atoms with Gasteiger partial charge < -0.3 is 5.32 Å². The number of aromatic nitrogens is 2. The molecule has 0 bridgehead atoms. The lowest BCUT2D eigenvalue weighted by molar-refractivity contribution is -0.137. The molecule has 0 spiro atoms. The average molecular weight is 682 g/mol. The number of carbonyl (C=O) groups excluding carboxylic acids is 2. The van der Waals surface area contributed by atoms with E-state index in [9.17, 15) is 35.6 Å². The number of amides is 2. The lowest BCUT2D eigenvalue weighted by Crippen LogP contribution is -2.55. The highest BCUT2D eigenvalue weighted by Crippen LogP contribution is 2.44. The van der Waals surface area contributed by atoms with Crippen molar-refractivity contribution in [1.29, 1.82) is 0 Å². The Morgan fingerprint density at radius 3 is 2.33 bits per heavy atom. The number of carbonyl (C=O) groups is 2. The molecule has 5 rings (SSSR count). The number of hydrogen-bond donors (Lipinski definition) is 1. The Hall–Kier alpha value is -5.08. The van der Waals surface area contributed by atoms with Crippen molar-refractivity contribution < 1.29 is 35.6 Å². The molecule has 0 saturated heterocycles.